The first-order valence-corrected chi connectivity index (χ1v) is 13.5. The highest BCUT2D eigenvalue weighted by molar-refractivity contribution is 8.03. The lowest BCUT2D eigenvalue weighted by Crippen LogP contribution is -2.31. The SMILES string of the molecule is CCOC(=O)c1ccc(NC(=O)C2=C(C)NC(SCC(=O)Nc3ccccc3C)=C(C#N)[C@H]2c2ccco2)cc1. The van der Waals surface area contributed by atoms with Crippen molar-refractivity contribution in [1.82, 2.24) is 5.32 Å². The van der Waals surface area contributed by atoms with Crippen molar-refractivity contribution in [1.29, 1.82) is 5.26 Å². The second kappa shape index (κ2) is 12.9. The Hall–Kier alpha value is -4.75. The molecule has 0 saturated carbocycles. The Labute approximate surface area is 236 Å². The number of rotatable bonds is 9. The number of carbonyl (C=O) groups excluding carboxylic acids is 3. The fraction of sp³-hybridized carbons (Fsp3) is 0.200. The maximum absolute atomic E-state index is 13.5. The van der Waals surface area contributed by atoms with E-state index in [4.69, 9.17) is 9.15 Å². The average Bonchev–Trinajstić information content (AvgIpc) is 3.48. The number of benzene rings is 2. The number of anilines is 2. The third-order valence-electron chi connectivity index (χ3n) is 6.14. The number of dihydropyridines is 1. The van der Waals surface area contributed by atoms with E-state index in [9.17, 15) is 19.6 Å². The zero-order valence-electron chi connectivity index (χ0n) is 22.2. The van der Waals surface area contributed by atoms with Gasteiger partial charge in [0.1, 0.15) is 5.76 Å². The number of nitrogens with zero attached hydrogens (tertiary/aromatic N) is 1. The summed E-state index contributed by atoms with van der Waals surface area (Å²) in [7, 11) is 0. The number of para-hydroxylation sites is 1. The van der Waals surface area contributed by atoms with Crippen molar-refractivity contribution in [3.05, 3.63) is 106 Å². The van der Waals surface area contributed by atoms with Gasteiger partial charge >= 0.3 is 5.97 Å². The van der Waals surface area contributed by atoms with Gasteiger partial charge in [0, 0.05) is 17.1 Å². The first-order valence-electron chi connectivity index (χ1n) is 12.5. The van der Waals surface area contributed by atoms with E-state index in [0.717, 1.165) is 11.3 Å². The molecule has 0 fully saturated rings. The first-order chi connectivity index (χ1) is 19.3. The van der Waals surface area contributed by atoms with Crippen LogP contribution in [-0.2, 0) is 14.3 Å². The monoisotopic (exact) mass is 556 g/mol. The van der Waals surface area contributed by atoms with Gasteiger partial charge in [-0.05, 0) is 68.8 Å². The van der Waals surface area contributed by atoms with Gasteiger partial charge < -0.3 is 25.1 Å². The standard InChI is InChI=1S/C30H28N4O5S/c1-4-38-30(37)20-11-13-21(14-12-20)33-28(36)26-19(3)32-29(22(16-31)27(26)24-10-7-15-39-24)40-17-25(35)34-23-9-6-5-8-18(23)2/h5-15,27,32H,4,17H2,1-3H3,(H,33,36)(H,34,35)/t27-/m0/s1. The van der Waals surface area contributed by atoms with Gasteiger partial charge in [-0.15, -0.1) is 0 Å². The average molecular weight is 557 g/mol. The molecule has 3 aromatic rings. The van der Waals surface area contributed by atoms with Gasteiger partial charge in [-0.1, -0.05) is 30.0 Å². The number of furan rings is 1. The Kier molecular flexibility index (Phi) is 9.09. The van der Waals surface area contributed by atoms with Crippen LogP contribution in [0.3, 0.4) is 0 Å². The minimum absolute atomic E-state index is 0.0499. The zero-order valence-corrected chi connectivity index (χ0v) is 23.1. The van der Waals surface area contributed by atoms with E-state index in [1.54, 1.807) is 50.2 Å². The highest BCUT2D eigenvalue weighted by atomic mass is 32.2. The van der Waals surface area contributed by atoms with Gasteiger partial charge in [0.25, 0.3) is 5.91 Å². The first kappa shape index (κ1) is 28.3. The van der Waals surface area contributed by atoms with E-state index in [1.807, 2.05) is 31.2 Å². The highest BCUT2D eigenvalue weighted by Gasteiger charge is 2.36. The number of amides is 2. The highest BCUT2D eigenvalue weighted by Crippen LogP contribution is 2.41. The summed E-state index contributed by atoms with van der Waals surface area (Å²) in [4.78, 5) is 38.2. The van der Waals surface area contributed by atoms with Gasteiger partial charge in [-0.3, -0.25) is 9.59 Å². The Bertz CT molecular complexity index is 1520. The van der Waals surface area contributed by atoms with Gasteiger partial charge in [-0.25, -0.2) is 4.79 Å². The number of hydrogen-bond donors (Lipinski definition) is 3. The molecule has 0 saturated heterocycles. The molecule has 0 radical (unpaired) electrons. The Morgan fingerprint density at radius 3 is 2.45 bits per heavy atom. The molecular weight excluding hydrogens is 528 g/mol. The molecule has 0 unspecified atom stereocenters. The lowest BCUT2D eigenvalue weighted by Gasteiger charge is -2.28. The number of thioether (sulfide) groups is 1. The molecule has 1 aromatic heterocycles. The van der Waals surface area contributed by atoms with Crippen molar-refractivity contribution in [3.8, 4) is 6.07 Å². The lowest BCUT2D eigenvalue weighted by molar-refractivity contribution is -0.114. The summed E-state index contributed by atoms with van der Waals surface area (Å²) in [5.41, 5.74) is 3.57. The summed E-state index contributed by atoms with van der Waals surface area (Å²) in [5, 5.41) is 19.5. The molecule has 2 aromatic carbocycles. The largest absolute Gasteiger partial charge is 0.468 e. The van der Waals surface area contributed by atoms with Crippen LogP contribution in [0.15, 0.2) is 93.2 Å². The topological polar surface area (TPSA) is 133 Å². The number of allylic oxidation sites excluding steroid dienone is 2. The molecule has 2 heterocycles. The normalized spacial score (nSPS) is 14.7. The second-order valence-corrected chi connectivity index (χ2v) is 9.86. The fourth-order valence-electron chi connectivity index (χ4n) is 4.21. The number of esters is 1. The minimum atomic E-state index is -0.790. The summed E-state index contributed by atoms with van der Waals surface area (Å²) in [5.74, 6) is -1.44. The van der Waals surface area contributed by atoms with Crippen LogP contribution in [0.4, 0.5) is 11.4 Å². The molecule has 40 heavy (non-hydrogen) atoms. The predicted octanol–water partition coefficient (Wildman–Crippen LogP) is 5.47. The Morgan fingerprint density at radius 1 is 1.05 bits per heavy atom. The molecule has 4 rings (SSSR count). The molecule has 0 aliphatic carbocycles. The van der Waals surface area contributed by atoms with Gasteiger partial charge in [0.05, 0.1) is 52.3 Å². The number of carbonyl (C=O) groups is 3. The molecule has 0 bridgehead atoms. The summed E-state index contributed by atoms with van der Waals surface area (Å²) < 4.78 is 10.7. The third kappa shape index (κ3) is 6.45. The lowest BCUT2D eigenvalue weighted by atomic mass is 9.85. The smallest absolute Gasteiger partial charge is 0.338 e. The van der Waals surface area contributed by atoms with Crippen LogP contribution in [0.1, 0.15) is 41.4 Å². The van der Waals surface area contributed by atoms with E-state index < -0.39 is 17.8 Å². The van der Waals surface area contributed by atoms with Crippen LogP contribution in [0.5, 0.6) is 0 Å². The Balaban J connectivity index is 1.55. The molecule has 0 spiro atoms. The van der Waals surface area contributed by atoms with Crippen molar-refractivity contribution in [2.45, 2.75) is 26.7 Å². The van der Waals surface area contributed by atoms with E-state index in [1.165, 1.54) is 18.0 Å². The molecule has 1 atom stereocenters. The quantitative estimate of drug-likeness (QED) is 0.296. The zero-order chi connectivity index (χ0) is 28.6. The number of hydrogen-bond acceptors (Lipinski definition) is 8. The molecule has 204 valence electrons. The van der Waals surface area contributed by atoms with Crippen LogP contribution in [0.25, 0.3) is 0 Å². The van der Waals surface area contributed by atoms with Crippen LogP contribution in [0.2, 0.25) is 0 Å². The third-order valence-corrected chi connectivity index (χ3v) is 7.16. The van der Waals surface area contributed by atoms with E-state index >= 15 is 0 Å². The van der Waals surface area contributed by atoms with Crippen LogP contribution >= 0.6 is 11.8 Å². The molecule has 3 N–H and O–H groups in total. The minimum Gasteiger partial charge on any atom is -0.468 e. The van der Waals surface area contributed by atoms with Gasteiger partial charge in [0.15, 0.2) is 0 Å². The van der Waals surface area contributed by atoms with Crippen LogP contribution < -0.4 is 16.0 Å². The number of ether oxygens (including phenoxy) is 1. The summed E-state index contributed by atoms with van der Waals surface area (Å²) >= 11 is 1.18. The van der Waals surface area contributed by atoms with Crippen molar-refractivity contribution in [3.63, 3.8) is 0 Å². The fourth-order valence-corrected chi connectivity index (χ4v) is 5.10. The number of aryl methyl sites for hydroxylation is 1. The van der Waals surface area contributed by atoms with E-state index in [0.29, 0.717) is 33.3 Å². The van der Waals surface area contributed by atoms with Crippen molar-refractivity contribution in [2.24, 2.45) is 0 Å². The molecular formula is C30H28N4O5S. The molecule has 1 aliphatic rings. The van der Waals surface area contributed by atoms with Crippen LogP contribution in [-0.4, -0.2) is 30.1 Å². The van der Waals surface area contributed by atoms with Gasteiger partial charge in [-0.2, -0.15) is 5.26 Å². The predicted molar refractivity (Wildman–Crippen MR) is 153 cm³/mol. The summed E-state index contributed by atoms with van der Waals surface area (Å²) in [6.45, 7) is 5.63. The Morgan fingerprint density at radius 2 is 1.80 bits per heavy atom. The number of nitriles is 1. The molecule has 2 amide bonds. The molecule has 9 nitrogen and oxygen atoms in total. The molecule has 1 aliphatic heterocycles. The van der Waals surface area contributed by atoms with Crippen molar-refractivity contribution < 1.29 is 23.5 Å². The van der Waals surface area contributed by atoms with E-state index in [2.05, 4.69) is 22.0 Å². The van der Waals surface area contributed by atoms with Gasteiger partial charge in [0.2, 0.25) is 5.91 Å². The van der Waals surface area contributed by atoms with Crippen LogP contribution in [0, 0.1) is 18.3 Å². The van der Waals surface area contributed by atoms with E-state index in [-0.39, 0.29) is 23.8 Å². The van der Waals surface area contributed by atoms with Crippen molar-refractivity contribution in [2.75, 3.05) is 23.0 Å². The number of nitrogens with one attached hydrogen (secondary N) is 3. The maximum Gasteiger partial charge on any atom is 0.338 e. The molecule has 10 heteroatoms. The van der Waals surface area contributed by atoms with Crippen molar-refractivity contribution >= 4 is 40.9 Å². The summed E-state index contributed by atoms with van der Waals surface area (Å²) in [6.07, 6.45) is 1.48. The maximum atomic E-state index is 13.5. The summed E-state index contributed by atoms with van der Waals surface area (Å²) in [6, 6.07) is 19.4. The second-order valence-electron chi connectivity index (χ2n) is 8.87.